The maximum atomic E-state index is 12.4. The Morgan fingerprint density at radius 3 is 2.80 bits per heavy atom. The van der Waals surface area contributed by atoms with Gasteiger partial charge in [-0.25, -0.2) is 0 Å². The van der Waals surface area contributed by atoms with Gasteiger partial charge in [-0.1, -0.05) is 6.42 Å². The molecule has 2 aliphatic rings. The normalized spacial score (nSPS) is 28.0. The van der Waals surface area contributed by atoms with Crippen LogP contribution in [0.15, 0.2) is 0 Å². The highest BCUT2D eigenvalue weighted by Gasteiger charge is 2.40. The van der Waals surface area contributed by atoms with E-state index < -0.39 is 0 Å². The number of nitrogens with one attached hydrogen (secondary N) is 1. The molecular formula is C15H22N2OS2. The molecule has 1 heterocycles. The van der Waals surface area contributed by atoms with Crippen LogP contribution in [-0.4, -0.2) is 29.4 Å². The minimum absolute atomic E-state index is 0.223. The van der Waals surface area contributed by atoms with Crippen molar-refractivity contribution in [3.8, 4) is 0 Å². The zero-order valence-electron chi connectivity index (χ0n) is 12.1. The van der Waals surface area contributed by atoms with Crippen LogP contribution in [0, 0.1) is 28.6 Å². The second kappa shape index (κ2) is 5.60. The van der Waals surface area contributed by atoms with Crippen LogP contribution in [0.3, 0.4) is 0 Å². The predicted molar refractivity (Wildman–Crippen MR) is 84.5 cm³/mol. The summed E-state index contributed by atoms with van der Waals surface area (Å²) in [6.45, 7) is 2.93. The third-order valence-electron chi connectivity index (χ3n) is 5.05. The second-order valence-corrected chi connectivity index (χ2v) is 8.22. The van der Waals surface area contributed by atoms with Gasteiger partial charge in [0.1, 0.15) is 0 Å². The van der Waals surface area contributed by atoms with Crippen LogP contribution >= 0.6 is 23.6 Å². The highest BCUT2D eigenvalue weighted by molar-refractivity contribution is 7.73. The molecule has 2 fully saturated rings. The Balaban J connectivity index is 1.57. The van der Waals surface area contributed by atoms with E-state index in [2.05, 4.69) is 4.98 Å². The number of aromatic nitrogens is 1. The molecule has 20 heavy (non-hydrogen) atoms. The summed E-state index contributed by atoms with van der Waals surface area (Å²) in [5, 5.41) is 0. The molecule has 2 saturated carbocycles. The first-order chi connectivity index (χ1) is 9.52. The lowest BCUT2D eigenvalue weighted by molar-refractivity contribution is -0.129. The van der Waals surface area contributed by atoms with E-state index >= 15 is 0 Å². The van der Waals surface area contributed by atoms with Crippen molar-refractivity contribution in [2.75, 3.05) is 13.6 Å². The summed E-state index contributed by atoms with van der Waals surface area (Å²) in [7, 11) is 1.95. The Bertz CT molecular complexity index is 562. The van der Waals surface area contributed by atoms with E-state index in [-0.39, 0.29) is 5.91 Å². The Labute approximate surface area is 129 Å². The second-order valence-electron chi connectivity index (χ2n) is 6.45. The number of likely N-dealkylation sites (N-methyl/N-ethyl adjacent to an activating group) is 1. The lowest BCUT2D eigenvalue weighted by Crippen LogP contribution is -2.34. The lowest BCUT2D eigenvalue weighted by atomic mass is 9.88. The smallest absolute Gasteiger partial charge is 0.227 e. The standard InChI is InChI=1S/C15H22N2OS2/c1-9-13(20-15(19)16-9)7-14(18)17(2)8-12-6-10-3-4-11(12)5-10/h10-12H,3-8H2,1-2H3,(H,16,19). The molecule has 3 rings (SSSR count). The molecule has 0 saturated heterocycles. The topological polar surface area (TPSA) is 36.1 Å². The van der Waals surface area contributed by atoms with Gasteiger partial charge in [-0.05, 0) is 56.2 Å². The van der Waals surface area contributed by atoms with E-state index in [0.717, 1.165) is 38.8 Å². The lowest BCUT2D eigenvalue weighted by Gasteiger charge is -2.27. The number of fused-ring (bicyclic) bond motifs is 2. The molecule has 1 amide bonds. The van der Waals surface area contributed by atoms with Gasteiger partial charge in [0.25, 0.3) is 0 Å². The molecule has 3 unspecified atom stereocenters. The van der Waals surface area contributed by atoms with Gasteiger partial charge in [0.2, 0.25) is 5.91 Å². The molecule has 5 heteroatoms. The van der Waals surface area contributed by atoms with E-state index in [9.17, 15) is 4.79 Å². The zero-order valence-corrected chi connectivity index (χ0v) is 13.8. The molecule has 3 nitrogen and oxygen atoms in total. The SMILES string of the molecule is Cc1[nH]c(=S)sc1CC(=O)N(C)CC1CC2CCC1C2. The molecule has 110 valence electrons. The number of aryl methyl sites for hydroxylation is 1. The number of aromatic amines is 1. The molecule has 1 N–H and O–H groups in total. The van der Waals surface area contributed by atoms with Crippen LogP contribution in [0.25, 0.3) is 0 Å². The fraction of sp³-hybridized carbons (Fsp3) is 0.733. The van der Waals surface area contributed by atoms with Crippen LogP contribution in [0.1, 0.15) is 36.3 Å². The molecule has 2 aliphatic carbocycles. The largest absolute Gasteiger partial charge is 0.345 e. The number of rotatable bonds is 4. The average molecular weight is 310 g/mol. The van der Waals surface area contributed by atoms with Crippen molar-refractivity contribution in [3.05, 3.63) is 14.5 Å². The molecule has 0 radical (unpaired) electrons. The van der Waals surface area contributed by atoms with E-state index in [1.165, 1.54) is 37.0 Å². The number of thiazole rings is 1. The summed E-state index contributed by atoms with van der Waals surface area (Å²) in [4.78, 5) is 18.5. The van der Waals surface area contributed by atoms with Crippen molar-refractivity contribution in [1.29, 1.82) is 0 Å². The predicted octanol–water partition coefficient (Wildman–Crippen LogP) is 3.55. The quantitative estimate of drug-likeness (QED) is 0.863. The number of carbonyl (C=O) groups is 1. The van der Waals surface area contributed by atoms with Crippen molar-refractivity contribution in [3.63, 3.8) is 0 Å². The first-order valence-corrected chi connectivity index (χ1v) is 8.68. The summed E-state index contributed by atoms with van der Waals surface area (Å²) < 4.78 is 0.765. The van der Waals surface area contributed by atoms with Crippen molar-refractivity contribution in [2.24, 2.45) is 17.8 Å². The van der Waals surface area contributed by atoms with E-state index in [4.69, 9.17) is 12.2 Å². The van der Waals surface area contributed by atoms with Crippen molar-refractivity contribution >= 4 is 29.5 Å². The summed E-state index contributed by atoms with van der Waals surface area (Å²) >= 11 is 6.66. The summed E-state index contributed by atoms with van der Waals surface area (Å²) in [6, 6.07) is 0. The third kappa shape index (κ3) is 2.84. The summed E-state index contributed by atoms with van der Waals surface area (Å²) in [5.74, 6) is 2.80. The molecule has 3 atom stereocenters. The van der Waals surface area contributed by atoms with Crippen molar-refractivity contribution < 1.29 is 4.79 Å². The molecule has 1 aromatic rings. The van der Waals surface area contributed by atoms with Gasteiger partial charge in [-0.15, -0.1) is 11.3 Å². The van der Waals surface area contributed by atoms with Crippen LogP contribution in [0.4, 0.5) is 0 Å². The molecule has 0 aromatic carbocycles. The highest BCUT2D eigenvalue weighted by Crippen LogP contribution is 2.48. The third-order valence-corrected chi connectivity index (χ3v) is 6.39. The van der Waals surface area contributed by atoms with Gasteiger partial charge in [0, 0.05) is 24.2 Å². The number of amides is 1. The number of hydrogen-bond acceptors (Lipinski definition) is 3. The van der Waals surface area contributed by atoms with E-state index in [1.54, 1.807) is 0 Å². The monoisotopic (exact) mass is 310 g/mol. The van der Waals surface area contributed by atoms with Crippen molar-refractivity contribution in [1.82, 2.24) is 9.88 Å². The number of nitrogens with zero attached hydrogens (tertiary/aromatic N) is 1. The van der Waals surface area contributed by atoms with E-state index in [1.807, 2.05) is 18.9 Å². The Morgan fingerprint density at radius 1 is 1.45 bits per heavy atom. The molecule has 0 aliphatic heterocycles. The van der Waals surface area contributed by atoms with E-state index in [0.29, 0.717) is 6.42 Å². The average Bonchev–Trinajstić information content (AvgIpc) is 3.06. The van der Waals surface area contributed by atoms with Crippen molar-refractivity contribution in [2.45, 2.75) is 39.0 Å². The van der Waals surface area contributed by atoms with Gasteiger partial charge in [-0.3, -0.25) is 4.79 Å². The molecular weight excluding hydrogens is 288 g/mol. The maximum absolute atomic E-state index is 12.4. The first kappa shape index (κ1) is 14.3. The van der Waals surface area contributed by atoms with Gasteiger partial charge in [0.15, 0.2) is 3.95 Å². The maximum Gasteiger partial charge on any atom is 0.227 e. The van der Waals surface area contributed by atoms with Crippen LogP contribution in [0.2, 0.25) is 0 Å². The number of carbonyl (C=O) groups excluding carboxylic acids is 1. The Kier molecular flexibility index (Phi) is 4.00. The molecule has 0 spiro atoms. The van der Waals surface area contributed by atoms with Crippen LogP contribution in [0.5, 0.6) is 0 Å². The van der Waals surface area contributed by atoms with Crippen LogP contribution < -0.4 is 0 Å². The van der Waals surface area contributed by atoms with Gasteiger partial charge in [0.05, 0.1) is 6.42 Å². The number of H-pyrrole nitrogens is 1. The fourth-order valence-corrected chi connectivity index (χ4v) is 5.21. The fourth-order valence-electron chi connectivity index (χ4n) is 3.93. The Morgan fingerprint density at radius 2 is 2.25 bits per heavy atom. The minimum atomic E-state index is 0.223. The minimum Gasteiger partial charge on any atom is -0.345 e. The summed E-state index contributed by atoms with van der Waals surface area (Å²) in [6.07, 6.45) is 6.04. The molecule has 2 bridgehead atoms. The first-order valence-electron chi connectivity index (χ1n) is 7.45. The van der Waals surface area contributed by atoms with Crippen LogP contribution in [-0.2, 0) is 11.2 Å². The number of hydrogen-bond donors (Lipinski definition) is 1. The highest BCUT2D eigenvalue weighted by atomic mass is 32.1. The zero-order chi connectivity index (χ0) is 14.3. The van der Waals surface area contributed by atoms with Gasteiger partial charge in [-0.2, -0.15) is 0 Å². The Hall–Kier alpha value is -0.680. The summed E-state index contributed by atoms with van der Waals surface area (Å²) in [5.41, 5.74) is 1.04. The molecule has 1 aromatic heterocycles. The van der Waals surface area contributed by atoms with Gasteiger partial charge < -0.3 is 9.88 Å². The van der Waals surface area contributed by atoms with Gasteiger partial charge >= 0.3 is 0 Å².